The molecule has 1 aromatic heterocycles. The van der Waals surface area contributed by atoms with E-state index in [1.54, 1.807) is 7.11 Å². The average Bonchev–Trinajstić information content (AvgIpc) is 3.10. The number of aromatic nitrogens is 1. The number of anilines is 1. The van der Waals surface area contributed by atoms with E-state index < -0.39 is 11.5 Å². The largest absolute Gasteiger partial charge is 0.477 e. The Kier molecular flexibility index (Phi) is 5.42. The van der Waals surface area contributed by atoms with Crippen LogP contribution in [0.25, 0.3) is 11.3 Å². The molecular weight excluding hydrogens is 332 g/mol. The van der Waals surface area contributed by atoms with E-state index in [0.717, 1.165) is 36.2 Å². The van der Waals surface area contributed by atoms with Gasteiger partial charge in [0.05, 0.1) is 18.3 Å². The molecule has 0 saturated carbocycles. The number of nitrogens with zero attached hydrogens (tertiary/aromatic N) is 1. The van der Waals surface area contributed by atoms with Crippen molar-refractivity contribution < 1.29 is 14.6 Å². The predicted molar refractivity (Wildman–Crippen MR) is 101 cm³/mol. The summed E-state index contributed by atoms with van der Waals surface area (Å²) in [5, 5.41) is 9.14. The third kappa shape index (κ3) is 3.51. The van der Waals surface area contributed by atoms with Gasteiger partial charge >= 0.3 is 5.97 Å². The van der Waals surface area contributed by atoms with Gasteiger partial charge in [-0.3, -0.25) is 4.79 Å². The monoisotopic (exact) mass is 356 g/mol. The fraction of sp³-hybridized carbons (Fsp3) is 0.400. The van der Waals surface area contributed by atoms with Gasteiger partial charge in [0.25, 0.3) is 5.56 Å². The number of aromatic carboxylic acids is 1. The quantitative estimate of drug-likeness (QED) is 0.832. The molecule has 2 aromatic rings. The van der Waals surface area contributed by atoms with E-state index in [1.807, 2.05) is 31.2 Å². The van der Waals surface area contributed by atoms with Crippen molar-refractivity contribution >= 4 is 11.7 Å². The minimum atomic E-state index is -1.21. The van der Waals surface area contributed by atoms with Gasteiger partial charge < -0.3 is 19.7 Å². The number of pyridine rings is 1. The van der Waals surface area contributed by atoms with E-state index in [2.05, 4.69) is 9.88 Å². The number of H-pyrrole nitrogens is 1. The Bertz CT molecular complexity index is 842. The molecule has 1 fully saturated rings. The van der Waals surface area contributed by atoms with Gasteiger partial charge in [-0.05, 0) is 48.6 Å². The molecule has 1 saturated heterocycles. The lowest BCUT2D eigenvalue weighted by Gasteiger charge is -2.26. The summed E-state index contributed by atoms with van der Waals surface area (Å²) in [6.07, 6.45) is 2.91. The van der Waals surface area contributed by atoms with Crippen LogP contribution >= 0.6 is 0 Å². The first-order valence-electron chi connectivity index (χ1n) is 8.90. The zero-order chi connectivity index (χ0) is 18.7. The van der Waals surface area contributed by atoms with Gasteiger partial charge in [-0.25, -0.2) is 4.79 Å². The van der Waals surface area contributed by atoms with Crippen molar-refractivity contribution in [3.63, 3.8) is 0 Å². The molecule has 0 aliphatic carbocycles. The van der Waals surface area contributed by atoms with Crippen LogP contribution in [0.3, 0.4) is 0 Å². The molecule has 0 amide bonds. The summed E-state index contributed by atoms with van der Waals surface area (Å²) < 4.78 is 5.32. The first-order chi connectivity index (χ1) is 12.5. The number of methoxy groups -OCH3 is 1. The predicted octanol–water partition coefficient (Wildman–Crippen LogP) is 2.92. The number of hydrogen-bond donors (Lipinski definition) is 2. The van der Waals surface area contributed by atoms with Gasteiger partial charge in [-0.1, -0.05) is 19.1 Å². The number of aromatic amines is 1. The van der Waals surface area contributed by atoms with Crippen LogP contribution in [-0.4, -0.2) is 42.4 Å². The summed E-state index contributed by atoms with van der Waals surface area (Å²) in [6.45, 7) is 3.67. The van der Waals surface area contributed by atoms with E-state index in [9.17, 15) is 9.59 Å². The third-order valence-electron chi connectivity index (χ3n) is 4.96. The molecule has 2 heterocycles. The highest BCUT2D eigenvalue weighted by Gasteiger charge is 2.24. The topological polar surface area (TPSA) is 82.6 Å². The zero-order valence-electron chi connectivity index (χ0n) is 15.1. The molecule has 138 valence electrons. The van der Waals surface area contributed by atoms with Crippen molar-refractivity contribution in [3.8, 4) is 11.3 Å². The highest BCUT2D eigenvalue weighted by Crippen LogP contribution is 2.29. The number of benzene rings is 1. The van der Waals surface area contributed by atoms with Crippen LogP contribution < -0.4 is 10.5 Å². The van der Waals surface area contributed by atoms with Crippen molar-refractivity contribution in [2.24, 2.45) is 0 Å². The van der Waals surface area contributed by atoms with Crippen LogP contribution in [0.1, 0.15) is 35.7 Å². The number of carbonyl (C=O) groups is 1. The molecular formula is C20H24N2O4. The second-order valence-electron chi connectivity index (χ2n) is 6.56. The van der Waals surface area contributed by atoms with Gasteiger partial charge in [0.1, 0.15) is 5.56 Å². The van der Waals surface area contributed by atoms with Crippen LogP contribution in [0.5, 0.6) is 0 Å². The van der Waals surface area contributed by atoms with Crippen LogP contribution in [0.15, 0.2) is 35.1 Å². The second-order valence-corrected chi connectivity index (χ2v) is 6.56. The SMILES string of the molecule is CCc1cc(C(=O)O)c(=O)[nH]c1-c1ccc(N2CCC[C@H]2COC)cc1. The van der Waals surface area contributed by atoms with Crippen molar-refractivity contribution in [3.05, 3.63) is 51.8 Å². The molecule has 1 aliphatic heterocycles. The van der Waals surface area contributed by atoms with E-state index in [0.29, 0.717) is 24.8 Å². The standard InChI is InChI=1S/C20H24N2O4/c1-3-13-11-17(20(24)25)19(23)21-18(13)14-6-8-15(9-7-14)22-10-4-5-16(22)12-26-2/h6-9,11,16H,3-5,10,12H2,1-2H3,(H,21,23)(H,24,25)/t16-/m0/s1. The molecule has 2 N–H and O–H groups in total. The second kappa shape index (κ2) is 7.74. The van der Waals surface area contributed by atoms with Crippen molar-refractivity contribution in [1.29, 1.82) is 0 Å². The Labute approximate surface area is 152 Å². The van der Waals surface area contributed by atoms with E-state index in [4.69, 9.17) is 9.84 Å². The lowest BCUT2D eigenvalue weighted by atomic mass is 10.0. The molecule has 1 aliphatic rings. The summed E-state index contributed by atoms with van der Waals surface area (Å²) in [7, 11) is 1.73. The number of aryl methyl sites for hydroxylation is 1. The molecule has 26 heavy (non-hydrogen) atoms. The smallest absolute Gasteiger partial charge is 0.341 e. The minimum absolute atomic E-state index is 0.221. The Balaban J connectivity index is 1.93. The van der Waals surface area contributed by atoms with E-state index >= 15 is 0 Å². The van der Waals surface area contributed by atoms with Gasteiger partial charge in [0.15, 0.2) is 0 Å². The molecule has 0 radical (unpaired) electrons. The summed E-state index contributed by atoms with van der Waals surface area (Å²) in [6, 6.07) is 9.91. The van der Waals surface area contributed by atoms with Crippen LogP contribution in [0.2, 0.25) is 0 Å². The first-order valence-corrected chi connectivity index (χ1v) is 8.90. The average molecular weight is 356 g/mol. The zero-order valence-corrected chi connectivity index (χ0v) is 15.1. The lowest BCUT2D eigenvalue weighted by molar-refractivity contribution is 0.0695. The fourth-order valence-electron chi connectivity index (χ4n) is 3.63. The van der Waals surface area contributed by atoms with Crippen LogP contribution in [0.4, 0.5) is 5.69 Å². The van der Waals surface area contributed by atoms with Gasteiger partial charge in [0, 0.05) is 19.3 Å². The lowest BCUT2D eigenvalue weighted by Crippen LogP contribution is -2.32. The minimum Gasteiger partial charge on any atom is -0.477 e. The molecule has 6 nitrogen and oxygen atoms in total. The van der Waals surface area contributed by atoms with Gasteiger partial charge in [0.2, 0.25) is 0 Å². The Hall–Kier alpha value is -2.60. The molecule has 6 heteroatoms. The maximum atomic E-state index is 12.1. The summed E-state index contributed by atoms with van der Waals surface area (Å²) >= 11 is 0. The molecule has 1 atom stereocenters. The Morgan fingerprint density at radius 2 is 2.08 bits per heavy atom. The van der Waals surface area contributed by atoms with Crippen molar-refractivity contribution in [2.45, 2.75) is 32.2 Å². The summed E-state index contributed by atoms with van der Waals surface area (Å²) in [5.74, 6) is -1.21. The Morgan fingerprint density at radius 1 is 1.35 bits per heavy atom. The molecule has 0 bridgehead atoms. The van der Waals surface area contributed by atoms with Gasteiger partial charge in [-0.15, -0.1) is 0 Å². The van der Waals surface area contributed by atoms with Crippen LogP contribution in [0, 0.1) is 0 Å². The summed E-state index contributed by atoms with van der Waals surface area (Å²) in [5.41, 5.74) is 2.71. The Morgan fingerprint density at radius 3 is 2.69 bits per heavy atom. The number of ether oxygens (including phenoxy) is 1. The molecule has 3 rings (SSSR count). The van der Waals surface area contributed by atoms with Crippen molar-refractivity contribution in [1.82, 2.24) is 4.98 Å². The van der Waals surface area contributed by atoms with Crippen LogP contribution in [-0.2, 0) is 11.2 Å². The van der Waals surface area contributed by atoms with Gasteiger partial charge in [-0.2, -0.15) is 0 Å². The molecule has 1 aromatic carbocycles. The maximum Gasteiger partial charge on any atom is 0.341 e. The number of rotatable bonds is 6. The molecule has 0 unspecified atom stereocenters. The third-order valence-corrected chi connectivity index (χ3v) is 4.96. The van der Waals surface area contributed by atoms with E-state index in [1.165, 1.54) is 6.07 Å². The summed E-state index contributed by atoms with van der Waals surface area (Å²) in [4.78, 5) is 28.3. The van der Waals surface area contributed by atoms with E-state index in [-0.39, 0.29) is 5.56 Å². The number of nitrogens with one attached hydrogen (secondary N) is 1. The number of carboxylic acids is 1. The van der Waals surface area contributed by atoms with Crippen molar-refractivity contribution in [2.75, 3.05) is 25.2 Å². The normalized spacial score (nSPS) is 16.8. The highest BCUT2D eigenvalue weighted by molar-refractivity contribution is 5.88. The maximum absolute atomic E-state index is 12.1. The molecule has 0 spiro atoms. The first kappa shape index (κ1) is 18.2. The number of carboxylic acid groups (broad SMARTS) is 1. The fourth-order valence-corrected chi connectivity index (χ4v) is 3.63. The number of hydrogen-bond acceptors (Lipinski definition) is 4. The highest BCUT2D eigenvalue weighted by atomic mass is 16.5.